The van der Waals surface area contributed by atoms with Gasteiger partial charge in [0.25, 0.3) is 0 Å². The number of cyclic esters (lactones) is 1. The molecule has 0 fully saturated rings. The maximum Gasteiger partial charge on any atom is 0.311 e. The molecule has 6 heteroatoms. The van der Waals surface area contributed by atoms with Crippen LogP contribution in [0, 0.1) is 5.41 Å². The van der Waals surface area contributed by atoms with E-state index in [0.29, 0.717) is 12.1 Å². The van der Waals surface area contributed by atoms with E-state index in [1.165, 1.54) is 0 Å². The Hall–Kier alpha value is -2.37. The average molecular weight is 287 g/mol. The van der Waals surface area contributed by atoms with Crippen LogP contribution in [0.15, 0.2) is 30.5 Å². The van der Waals surface area contributed by atoms with Crippen LogP contribution in [-0.4, -0.2) is 26.1 Å². The third kappa shape index (κ3) is 2.61. The standard InChI is InChI=1S/C15H17N3O3/c1-15(2)7-13(10-3-5-12(19)6-4-10)18-8-11(16-17-18)9-21-14(15)20/h3-6,8,13,19H,7,9H2,1-2H3. The zero-order valence-corrected chi connectivity index (χ0v) is 12.0. The van der Waals surface area contributed by atoms with Gasteiger partial charge in [0.05, 0.1) is 17.7 Å². The number of aromatic nitrogens is 3. The molecule has 1 aromatic carbocycles. The second kappa shape index (κ2) is 4.87. The lowest BCUT2D eigenvalue weighted by Gasteiger charge is -2.27. The van der Waals surface area contributed by atoms with Gasteiger partial charge in [-0.25, -0.2) is 4.68 Å². The highest BCUT2D eigenvalue weighted by Gasteiger charge is 2.35. The number of benzene rings is 1. The summed E-state index contributed by atoms with van der Waals surface area (Å²) in [5.74, 6) is -0.0316. The second-order valence-electron chi connectivity index (χ2n) is 5.96. The Balaban J connectivity index is 2.05. The zero-order chi connectivity index (χ0) is 15.0. The molecule has 110 valence electrons. The van der Waals surface area contributed by atoms with Crippen LogP contribution in [-0.2, 0) is 16.1 Å². The molecule has 2 aromatic rings. The average Bonchev–Trinajstić information content (AvgIpc) is 2.92. The number of rotatable bonds is 1. The summed E-state index contributed by atoms with van der Waals surface area (Å²) >= 11 is 0. The SMILES string of the molecule is CC1(C)CC(c2ccc(O)cc2)n2cc(nn2)COC1=O. The van der Waals surface area contributed by atoms with E-state index in [-0.39, 0.29) is 24.4 Å². The summed E-state index contributed by atoms with van der Waals surface area (Å²) in [6, 6.07) is 6.80. The molecule has 2 bridgehead atoms. The molecule has 0 saturated heterocycles. The monoisotopic (exact) mass is 287 g/mol. The van der Waals surface area contributed by atoms with Gasteiger partial charge < -0.3 is 9.84 Å². The highest BCUT2D eigenvalue weighted by atomic mass is 16.5. The summed E-state index contributed by atoms with van der Waals surface area (Å²) in [6.45, 7) is 3.87. The molecule has 21 heavy (non-hydrogen) atoms. The van der Waals surface area contributed by atoms with Crippen molar-refractivity contribution in [3.05, 3.63) is 41.7 Å². The fourth-order valence-electron chi connectivity index (χ4n) is 2.49. The Kier molecular flexibility index (Phi) is 3.16. The highest BCUT2D eigenvalue weighted by molar-refractivity contribution is 5.76. The predicted octanol–water partition coefficient (Wildman–Crippen LogP) is 2.05. The molecule has 0 saturated carbocycles. The molecule has 6 nitrogen and oxygen atoms in total. The van der Waals surface area contributed by atoms with Crippen LogP contribution in [0.4, 0.5) is 0 Å². The van der Waals surface area contributed by atoms with Crippen LogP contribution in [0.5, 0.6) is 5.75 Å². The summed E-state index contributed by atoms with van der Waals surface area (Å²) in [5, 5.41) is 17.6. The van der Waals surface area contributed by atoms with E-state index in [1.54, 1.807) is 23.0 Å². The number of carbonyl (C=O) groups is 1. The number of ether oxygens (including phenoxy) is 1. The third-order valence-corrected chi connectivity index (χ3v) is 3.76. The van der Waals surface area contributed by atoms with Gasteiger partial charge in [0.2, 0.25) is 0 Å². The van der Waals surface area contributed by atoms with Crippen LogP contribution in [0.2, 0.25) is 0 Å². The topological polar surface area (TPSA) is 77.2 Å². The minimum Gasteiger partial charge on any atom is -0.508 e. The molecule has 1 aliphatic rings. The lowest BCUT2D eigenvalue weighted by molar-refractivity contribution is -0.156. The number of phenols is 1. The number of phenolic OH excluding ortho intramolecular Hbond substituents is 1. The molecule has 2 heterocycles. The quantitative estimate of drug-likeness (QED) is 0.812. The summed E-state index contributed by atoms with van der Waals surface area (Å²) in [6.07, 6.45) is 2.34. The van der Waals surface area contributed by atoms with Crippen LogP contribution in [0.25, 0.3) is 0 Å². The van der Waals surface area contributed by atoms with Gasteiger partial charge in [0.15, 0.2) is 0 Å². The van der Waals surface area contributed by atoms with Gasteiger partial charge in [-0.3, -0.25) is 4.79 Å². The third-order valence-electron chi connectivity index (χ3n) is 3.76. The molecule has 0 radical (unpaired) electrons. The Labute approximate surface area is 122 Å². The Morgan fingerprint density at radius 1 is 1.33 bits per heavy atom. The maximum absolute atomic E-state index is 12.2. The van der Waals surface area contributed by atoms with Crippen LogP contribution in [0.1, 0.15) is 37.6 Å². The number of fused-ring (bicyclic) bond motifs is 2. The molecule has 0 aliphatic carbocycles. The number of hydrogen-bond acceptors (Lipinski definition) is 5. The molecule has 3 rings (SSSR count). The fourth-order valence-corrected chi connectivity index (χ4v) is 2.49. The van der Waals surface area contributed by atoms with E-state index in [2.05, 4.69) is 10.3 Å². The summed E-state index contributed by atoms with van der Waals surface area (Å²) in [4.78, 5) is 12.2. The minimum atomic E-state index is -0.628. The molecule has 0 amide bonds. The number of esters is 1. The normalized spacial score (nSPS) is 21.0. The molecular formula is C15H17N3O3. The number of hydrogen-bond donors (Lipinski definition) is 1. The number of nitrogens with zero attached hydrogens (tertiary/aromatic N) is 3. The minimum absolute atomic E-state index is 0.132. The van der Waals surface area contributed by atoms with Crippen LogP contribution >= 0.6 is 0 Å². The van der Waals surface area contributed by atoms with Gasteiger partial charge in [-0.15, -0.1) is 5.10 Å². The molecule has 1 unspecified atom stereocenters. The van der Waals surface area contributed by atoms with E-state index in [0.717, 1.165) is 5.56 Å². The van der Waals surface area contributed by atoms with Gasteiger partial charge >= 0.3 is 5.97 Å². The number of carbonyl (C=O) groups excluding carboxylic acids is 1. The van der Waals surface area contributed by atoms with Crippen molar-refractivity contribution in [2.24, 2.45) is 5.41 Å². The van der Waals surface area contributed by atoms with Crippen molar-refractivity contribution in [2.75, 3.05) is 0 Å². The summed E-state index contributed by atoms with van der Waals surface area (Å²) in [7, 11) is 0. The largest absolute Gasteiger partial charge is 0.508 e. The zero-order valence-electron chi connectivity index (χ0n) is 12.0. The van der Waals surface area contributed by atoms with E-state index in [1.807, 2.05) is 26.0 Å². The molecule has 1 aromatic heterocycles. The maximum atomic E-state index is 12.2. The second-order valence-corrected chi connectivity index (χ2v) is 5.96. The fraction of sp³-hybridized carbons (Fsp3) is 0.400. The van der Waals surface area contributed by atoms with Crippen molar-refractivity contribution < 1.29 is 14.6 Å². The lowest BCUT2D eigenvalue weighted by atomic mass is 9.83. The first-order chi connectivity index (χ1) is 9.95. The van der Waals surface area contributed by atoms with E-state index < -0.39 is 5.41 Å². The van der Waals surface area contributed by atoms with E-state index >= 15 is 0 Å². The molecule has 1 atom stereocenters. The van der Waals surface area contributed by atoms with Crippen molar-refractivity contribution in [1.82, 2.24) is 15.0 Å². The van der Waals surface area contributed by atoms with Crippen molar-refractivity contribution in [3.63, 3.8) is 0 Å². The van der Waals surface area contributed by atoms with Crippen LogP contribution < -0.4 is 0 Å². The van der Waals surface area contributed by atoms with Gasteiger partial charge in [0.1, 0.15) is 18.1 Å². The van der Waals surface area contributed by atoms with E-state index in [4.69, 9.17) is 4.74 Å². The summed E-state index contributed by atoms with van der Waals surface area (Å²) in [5.41, 5.74) is 0.966. The number of aromatic hydroxyl groups is 1. The van der Waals surface area contributed by atoms with Gasteiger partial charge in [-0.05, 0) is 38.0 Å². The van der Waals surface area contributed by atoms with Gasteiger partial charge in [-0.2, -0.15) is 0 Å². The highest BCUT2D eigenvalue weighted by Crippen LogP contribution is 2.35. The van der Waals surface area contributed by atoms with Crippen molar-refractivity contribution in [1.29, 1.82) is 0 Å². The lowest BCUT2D eigenvalue weighted by Crippen LogP contribution is -2.30. The van der Waals surface area contributed by atoms with Gasteiger partial charge in [0, 0.05) is 0 Å². The predicted molar refractivity (Wildman–Crippen MR) is 74.5 cm³/mol. The Morgan fingerprint density at radius 3 is 2.76 bits per heavy atom. The molecular weight excluding hydrogens is 270 g/mol. The first-order valence-electron chi connectivity index (χ1n) is 6.82. The Bertz CT molecular complexity index is 661. The van der Waals surface area contributed by atoms with Gasteiger partial charge in [-0.1, -0.05) is 17.3 Å². The van der Waals surface area contributed by atoms with Crippen molar-refractivity contribution >= 4 is 5.97 Å². The van der Waals surface area contributed by atoms with E-state index in [9.17, 15) is 9.90 Å². The molecule has 1 N–H and O–H groups in total. The first kappa shape index (κ1) is 13.6. The van der Waals surface area contributed by atoms with Crippen molar-refractivity contribution in [3.8, 4) is 5.75 Å². The van der Waals surface area contributed by atoms with Crippen LogP contribution in [0.3, 0.4) is 0 Å². The first-order valence-corrected chi connectivity index (χ1v) is 6.82. The summed E-state index contributed by atoms with van der Waals surface area (Å²) < 4.78 is 7.04. The smallest absolute Gasteiger partial charge is 0.311 e. The molecule has 1 aliphatic heterocycles. The molecule has 0 spiro atoms. The van der Waals surface area contributed by atoms with Crippen molar-refractivity contribution in [2.45, 2.75) is 32.9 Å². The Morgan fingerprint density at radius 2 is 2.05 bits per heavy atom.